The van der Waals surface area contributed by atoms with Crippen molar-refractivity contribution in [3.63, 3.8) is 0 Å². The molecular weight excluding hydrogens is 224 g/mol. The van der Waals surface area contributed by atoms with Gasteiger partial charge in [-0.2, -0.15) is 0 Å². The third kappa shape index (κ3) is 3.01. The summed E-state index contributed by atoms with van der Waals surface area (Å²) in [6.07, 6.45) is 0. The van der Waals surface area contributed by atoms with Crippen LogP contribution in [0.5, 0.6) is 0 Å². The Morgan fingerprint density at radius 3 is 2.56 bits per heavy atom. The molecule has 0 atom stereocenters. The topological polar surface area (TPSA) is 43.4 Å². The van der Waals surface area contributed by atoms with Crippen molar-refractivity contribution >= 4 is 11.3 Å². The van der Waals surface area contributed by atoms with E-state index in [1.165, 1.54) is 4.88 Å². The predicted octanol–water partition coefficient (Wildman–Crippen LogP) is 1.89. The minimum atomic E-state index is -0.334. The van der Waals surface area contributed by atoms with Crippen LogP contribution in [0.3, 0.4) is 0 Å². The van der Waals surface area contributed by atoms with E-state index in [0.717, 1.165) is 17.2 Å². The van der Waals surface area contributed by atoms with Crippen molar-refractivity contribution in [3.05, 3.63) is 15.6 Å². The van der Waals surface area contributed by atoms with Crippen LogP contribution in [0.25, 0.3) is 0 Å². The van der Waals surface area contributed by atoms with E-state index in [-0.39, 0.29) is 5.60 Å². The number of hydrogen-bond acceptors (Lipinski definition) is 5. The van der Waals surface area contributed by atoms with Gasteiger partial charge in [0.15, 0.2) is 0 Å². The van der Waals surface area contributed by atoms with Crippen LogP contribution in [0, 0.1) is 0 Å². The van der Waals surface area contributed by atoms with Crippen LogP contribution >= 0.6 is 11.3 Å². The maximum atomic E-state index is 5.44. The molecule has 0 aliphatic carbocycles. The lowest BCUT2D eigenvalue weighted by atomic mass is 10.1. The Morgan fingerprint density at radius 2 is 2.06 bits per heavy atom. The second kappa shape index (κ2) is 5.72. The first kappa shape index (κ1) is 13.6. The molecule has 92 valence electrons. The van der Waals surface area contributed by atoms with E-state index >= 15 is 0 Å². The molecule has 0 fully saturated rings. The molecule has 0 bridgehead atoms. The van der Waals surface area contributed by atoms with Crippen LogP contribution in [-0.4, -0.2) is 26.3 Å². The number of ether oxygens (including phenoxy) is 2. The van der Waals surface area contributed by atoms with E-state index in [0.29, 0.717) is 6.61 Å². The lowest BCUT2D eigenvalue weighted by molar-refractivity contribution is 0.0187. The van der Waals surface area contributed by atoms with Gasteiger partial charge in [0.25, 0.3) is 0 Å². The molecule has 0 spiro atoms. The molecule has 0 amide bonds. The maximum absolute atomic E-state index is 5.44. The van der Waals surface area contributed by atoms with E-state index in [9.17, 15) is 0 Å². The van der Waals surface area contributed by atoms with Gasteiger partial charge in [-0.25, -0.2) is 4.98 Å². The van der Waals surface area contributed by atoms with E-state index in [2.05, 4.69) is 10.3 Å². The standard InChI is InChI=1S/C11H20N2O2S/c1-11(2,15-5)10-13-8(7-14-4)9(16-10)6-12-3/h12H,6-7H2,1-5H3. The zero-order valence-electron chi connectivity index (χ0n) is 10.6. The number of hydrogen-bond donors (Lipinski definition) is 1. The minimum absolute atomic E-state index is 0.334. The van der Waals surface area contributed by atoms with Crippen LogP contribution in [0.1, 0.15) is 29.4 Å². The molecule has 1 rings (SSSR count). The average molecular weight is 244 g/mol. The smallest absolute Gasteiger partial charge is 0.125 e. The normalized spacial score (nSPS) is 12.1. The summed E-state index contributed by atoms with van der Waals surface area (Å²) < 4.78 is 10.6. The van der Waals surface area contributed by atoms with Gasteiger partial charge in [0.1, 0.15) is 10.6 Å². The Balaban J connectivity index is 3.00. The quantitative estimate of drug-likeness (QED) is 0.830. The van der Waals surface area contributed by atoms with Crippen molar-refractivity contribution in [1.82, 2.24) is 10.3 Å². The molecule has 0 aliphatic rings. The molecular formula is C11H20N2O2S. The zero-order chi connectivity index (χ0) is 12.2. The highest BCUT2D eigenvalue weighted by Crippen LogP contribution is 2.30. The van der Waals surface area contributed by atoms with E-state index in [1.54, 1.807) is 25.6 Å². The maximum Gasteiger partial charge on any atom is 0.125 e. The highest BCUT2D eigenvalue weighted by Gasteiger charge is 2.25. The van der Waals surface area contributed by atoms with Gasteiger partial charge in [-0.3, -0.25) is 0 Å². The van der Waals surface area contributed by atoms with Crippen LogP contribution in [0.4, 0.5) is 0 Å². The number of thiazole rings is 1. The second-order valence-corrected chi connectivity index (χ2v) is 5.15. The molecule has 1 heterocycles. The summed E-state index contributed by atoms with van der Waals surface area (Å²) in [6, 6.07) is 0. The molecule has 0 radical (unpaired) electrons. The van der Waals surface area contributed by atoms with Crippen molar-refractivity contribution in [2.45, 2.75) is 32.6 Å². The fourth-order valence-corrected chi connectivity index (χ4v) is 2.43. The van der Waals surface area contributed by atoms with Gasteiger partial charge in [-0.15, -0.1) is 11.3 Å². The number of rotatable bonds is 6. The van der Waals surface area contributed by atoms with Crippen molar-refractivity contribution in [2.24, 2.45) is 0 Å². The summed E-state index contributed by atoms with van der Waals surface area (Å²) in [5, 5.41) is 4.13. The fraction of sp³-hybridized carbons (Fsp3) is 0.727. The van der Waals surface area contributed by atoms with Gasteiger partial charge in [-0.1, -0.05) is 0 Å². The van der Waals surface area contributed by atoms with E-state index in [4.69, 9.17) is 9.47 Å². The minimum Gasteiger partial charge on any atom is -0.378 e. The number of methoxy groups -OCH3 is 2. The van der Waals surface area contributed by atoms with Gasteiger partial charge in [0, 0.05) is 25.6 Å². The summed E-state index contributed by atoms with van der Waals surface area (Å²) in [4.78, 5) is 5.80. The third-order valence-corrected chi connectivity index (χ3v) is 3.82. The Bertz CT molecular complexity index is 313. The number of nitrogens with one attached hydrogen (secondary N) is 1. The molecule has 0 saturated heterocycles. The summed E-state index contributed by atoms with van der Waals surface area (Å²) in [5.74, 6) is 0. The first-order chi connectivity index (χ1) is 7.55. The van der Waals surface area contributed by atoms with E-state index < -0.39 is 0 Å². The molecule has 0 saturated carbocycles. The van der Waals surface area contributed by atoms with Crippen LogP contribution in [0.2, 0.25) is 0 Å². The molecule has 0 unspecified atom stereocenters. The van der Waals surface area contributed by atoms with Gasteiger partial charge in [-0.05, 0) is 20.9 Å². The number of nitrogens with zero attached hydrogens (tertiary/aromatic N) is 1. The molecule has 4 nitrogen and oxygen atoms in total. The SMILES string of the molecule is CNCc1sc(C(C)(C)OC)nc1COC. The Morgan fingerprint density at radius 1 is 1.38 bits per heavy atom. The average Bonchev–Trinajstić information content (AvgIpc) is 2.64. The lowest BCUT2D eigenvalue weighted by Gasteiger charge is -2.19. The number of aromatic nitrogens is 1. The van der Waals surface area contributed by atoms with Crippen molar-refractivity contribution in [1.29, 1.82) is 0 Å². The lowest BCUT2D eigenvalue weighted by Crippen LogP contribution is -2.19. The molecule has 1 aromatic rings. The first-order valence-electron chi connectivity index (χ1n) is 5.23. The molecule has 16 heavy (non-hydrogen) atoms. The first-order valence-corrected chi connectivity index (χ1v) is 6.04. The van der Waals surface area contributed by atoms with Crippen molar-refractivity contribution < 1.29 is 9.47 Å². The molecule has 0 aliphatic heterocycles. The van der Waals surface area contributed by atoms with E-state index in [1.807, 2.05) is 20.9 Å². The van der Waals surface area contributed by atoms with Crippen LogP contribution < -0.4 is 5.32 Å². The summed E-state index contributed by atoms with van der Waals surface area (Å²) >= 11 is 1.68. The Hall–Kier alpha value is -0.490. The Kier molecular flexibility index (Phi) is 4.86. The third-order valence-electron chi connectivity index (χ3n) is 2.42. The van der Waals surface area contributed by atoms with Gasteiger partial charge < -0.3 is 14.8 Å². The van der Waals surface area contributed by atoms with Crippen molar-refractivity contribution in [2.75, 3.05) is 21.3 Å². The highest BCUT2D eigenvalue weighted by molar-refractivity contribution is 7.11. The van der Waals surface area contributed by atoms with Crippen molar-refractivity contribution in [3.8, 4) is 0 Å². The van der Waals surface area contributed by atoms with Gasteiger partial charge in [0.05, 0.1) is 12.3 Å². The zero-order valence-corrected chi connectivity index (χ0v) is 11.4. The monoisotopic (exact) mass is 244 g/mol. The molecule has 0 aromatic carbocycles. The molecule has 1 aromatic heterocycles. The largest absolute Gasteiger partial charge is 0.378 e. The molecule has 5 heteroatoms. The fourth-order valence-electron chi connectivity index (χ4n) is 1.28. The predicted molar refractivity (Wildman–Crippen MR) is 65.6 cm³/mol. The van der Waals surface area contributed by atoms with Gasteiger partial charge >= 0.3 is 0 Å². The summed E-state index contributed by atoms with van der Waals surface area (Å²) in [5.41, 5.74) is 0.668. The highest BCUT2D eigenvalue weighted by atomic mass is 32.1. The Labute approximate surface area is 101 Å². The van der Waals surface area contributed by atoms with Crippen LogP contribution in [-0.2, 0) is 28.2 Å². The summed E-state index contributed by atoms with van der Waals surface area (Å²) in [6.45, 7) is 5.40. The summed E-state index contributed by atoms with van der Waals surface area (Å²) in [7, 11) is 5.32. The van der Waals surface area contributed by atoms with Crippen LogP contribution in [0.15, 0.2) is 0 Å². The second-order valence-electron chi connectivity index (χ2n) is 4.07. The molecule has 1 N–H and O–H groups in total. The van der Waals surface area contributed by atoms with Gasteiger partial charge in [0.2, 0.25) is 0 Å².